The zero-order valence-electron chi connectivity index (χ0n) is 8.77. The van der Waals surface area contributed by atoms with Gasteiger partial charge in [0.1, 0.15) is 5.02 Å². The highest BCUT2D eigenvalue weighted by molar-refractivity contribution is 7.80. The summed E-state index contributed by atoms with van der Waals surface area (Å²) in [7, 11) is 0. The number of benzene rings is 1. The molecule has 0 atom stereocenters. The summed E-state index contributed by atoms with van der Waals surface area (Å²) in [5.74, 6) is 0. The molecular weight excluding hydrogens is 262 g/mol. The minimum absolute atomic E-state index is 0.113. The molecule has 1 aliphatic rings. The van der Waals surface area contributed by atoms with Crippen molar-refractivity contribution in [2.75, 3.05) is 5.32 Å². The van der Waals surface area contributed by atoms with E-state index in [1.165, 1.54) is 12.1 Å². The number of nitro groups is 1. The summed E-state index contributed by atoms with van der Waals surface area (Å²) in [4.78, 5) is 10.2. The molecule has 2 N–H and O–H groups in total. The van der Waals surface area contributed by atoms with E-state index in [-0.39, 0.29) is 10.7 Å². The van der Waals surface area contributed by atoms with Crippen molar-refractivity contribution in [2.45, 2.75) is 18.9 Å². The molecule has 0 aliphatic heterocycles. The lowest BCUT2D eigenvalue weighted by Crippen LogP contribution is -2.30. The smallest absolute Gasteiger partial charge is 0.289 e. The van der Waals surface area contributed by atoms with Crippen LogP contribution >= 0.6 is 23.8 Å². The van der Waals surface area contributed by atoms with Crippen LogP contribution in [-0.4, -0.2) is 16.1 Å². The van der Waals surface area contributed by atoms with Gasteiger partial charge in [-0.1, -0.05) is 11.6 Å². The Labute approximate surface area is 108 Å². The molecule has 1 aliphatic carbocycles. The molecule has 1 aromatic rings. The molecule has 0 radical (unpaired) electrons. The summed E-state index contributed by atoms with van der Waals surface area (Å²) in [6.45, 7) is 0. The van der Waals surface area contributed by atoms with E-state index in [9.17, 15) is 10.1 Å². The van der Waals surface area contributed by atoms with E-state index < -0.39 is 4.92 Å². The molecule has 1 fully saturated rings. The molecule has 0 heterocycles. The highest BCUT2D eigenvalue weighted by Crippen LogP contribution is 2.27. The third-order valence-electron chi connectivity index (χ3n) is 2.31. The van der Waals surface area contributed by atoms with Crippen molar-refractivity contribution in [1.82, 2.24) is 5.32 Å². The van der Waals surface area contributed by atoms with Crippen LogP contribution in [0.25, 0.3) is 0 Å². The molecule has 5 nitrogen and oxygen atoms in total. The maximum Gasteiger partial charge on any atom is 0.289 e. The van der Waals surface area contributed by atoms with E-state index in [0.29, 0.717) is 16.8 Å². The van der Waals surface area contributed by atoms with Gasteiger partial charge in [-0.2, -0.15) is 0 Å². The Kier molecular flexibility index (Phi) is 3.44. The maximum absolute atomic E-state index is 10.7. The first-order valence-corrected chi connectivity index (χ1v) is 5.86. The molecule has 0 saturated heterocycles. The van der Waals surface area contributed by atoms with E-state index in [4.69, 9.17) is 23.8 Å². The first-order chi connectivity index (χ1) is 8.06. The van der Waals surface area contributed by atoms with Gasteiger partial charge in [-0.25, -0.2) is 0 Å². The van der Waals surface area contributed by atoms with Gasteiger partial charge < -0.3 is 10.6 Å². The average Bonchev–Trinajstić information content (AvgIpc) is 3.04. The predicted octanol–water partition coefficient (Wildman–Crippen LogP) is 2.70. The van der Waals surface area contributed by atoms with Gasteiger partial charge in [-0.3, -0.25) is 10.1 Å². The molecular formula is C10H10ClN3O2S. The third-order valence-corrected chi connectivity index (χ3v) is 2.85. The Bertz CT molecular complexity index is 477. The number of rotatable bonds is 3. The number of nitrogens with zero attached hydrogens (tertiary/aromatic N) is 1. The van der Waals surface area contributed by atoms with Crippen LogP contribution in [-0.2, 0) is 0 Å². The Morgan fingerprint density at radius 3 is 2.82 bits per heavy atom. The van der Waals surface area contributed by atoms with E-state index in [2.05, 4.69) is 10.6 Å². The van der Waals surface area contributed by atoms with E-state index in [1.807, 2.05) is 0 Å². The minimum atomic E-state index is -0.523. The van der Waals surface area contributed by atoms with Crippen molar-refractivity contribution in [1.29, 1.82) is 0 Å². The van der Waals surface area contributed by atoms with Gasteiger partial charge in [0.15, 0.2) is 5.11 Å². The zero-order valence-corrected chi connectivity index (χ0v) is 10.3. The summed E-state index contributed by atoms with van der Waals surface area (Å²) >= 11 is 10.8. The third kappa shape index (κ3) is 3.28. The molecule has 0 aromatic heterocycles. The zero-order chi connectivity index (χ0) is 12.4. The average molecular weight is 272 g/mol. The summed E-state index contributed by atoms with van der Waals surface area (Å²) in [5, 5.41) is 17.3. The minimum Gasteiger partial charge on any atom is -0.360 e. The van der Waals surface area contributed by atoms with Crippen LogP contribution in [0.4, 0.5) is 11.4 Å². The first-order valence-electron chi connectivity index (χ1n) is 5.08. The first kappa shape index (κ1) is 12.1. The standard InChI is InChI=1S/C10H10ClN3O2S/c11-8-4-3-7(5-9(8)14(15)16)13-10(17)12-6-1-2-6/h3-6H,1-2H2,(H2,12,13,17). The number of hydrogen-bond acceptors (Lipinski definition) is 3. The Balaban J connectivity index is 2.07. The topological polar surface area (TPSA) is 67.2 Å². The molecule has 90 valence electrons. The van der Waals surface area contributed by atoms with Crippen molar-refractivity contribution < 1.29 is 4.92 Å². The van der Waals surface area contributed by atoms with Crippen LogP contribution in [0.3, 0.4) is 0 Å². The van der Waals surface area contributed by atoms with Crippen LogP contribution in [0.5, 0.6) is 0 Å². The van der Waals surface area contributed by atoms with Crippen molar-refractivity contribution in [3.63, 3.8) is 0 Å². The van der Waals surface area contributed by atoms with Crippen molar-refractivity contribution in [3.05, 3.63) is 33.3 Å². The molecule has 0 unspecified atom stereocenters. The molecule has 0 spiro atoms. The summed E-state index contributed by atoms with van der Waals surface area (Å²) < 4.78 is 0. The molecule has 2 rings (SSSR count). The highest BCUT2D eigenvalue weighted by atomic mass is 35.5. The SMILES string of the molecule is O=[N+]([O-])c1cc(NC(=S)NC2CC2)ccc1Cl. The fourth-order valence-electron chi connectivity index (χ4n) is 1.31. The lowest BCUT2D eigenvalue weighted by atomic mass is 10.3. The summed E-state index contributed by atoms with van der Waals surface area (Å²) in [5.41, 5.74) is 0.421. The lowest BCUT2D eigenvalue weighted by molar-refractivity contribution is -0.384. The van der Waals surface area contributed by atoms with Crippen molar-refractivity contribution >= 4 is 40.3 Å². The number of halogens is 1. The van der Waals surface area contributed by atoms with Gasteiger partial charge in [-0.05, 0) is 37.2 Å². The monoisotopic (exact) mass is 271 g/mol. The number of nitro benzene ring substituents is 1. The number of thiocarbonyl (C=S) groups is 1. The molecule has 7 heteroatoms. The van der Waals surface area contributed by atoms with Gasteiger partial charge in [0.05, 0.1) is 4.92 Å². The van der Waals surface area contributed by atoms with Gasteiger partial charge in [0.25, 0.3) is 5.69 Å². The second kappa shape index (κ2) is 4.85. The summed E-state index contributed by atoms with van der Waals surface area (Å²) in [6.07, 6.45) is 2.23. The van der Waals surface area contributed by atoms with E-state index >= 15 is 0 Å². The van der Waals surface area contributed by atoms with Gasteiger partial charge in [-0.15, -0.1) is 0 Å². The van der Waals surface area contributed by atoms with Crippen LogP contribution < -0.4 is 10.6 Å². The largest absolute Gasteiger partial charge is 0.360 e. The van der Waals surface area contributed by atoms with Crippen LogP contribution in [0.2, 0.25) is 5.02 Å². The highest BCUT2D eigenvalue weighted by Gasteiger charge is 2.22. The molecule has 1 aromatic carbocycles. The second-order valence-corrected chi connectivity index (χ2v) is 4.61. The van der Waals surface area contributed by atoms with Crippen molar-refractivity contribution in [3.8, 4) is 0 Å². The van der Waals surface area contributed by atoms with Crippen LogP contribution in [0.1, 0.15) is 12.8 Å². The van der Waals surface area contributed by atoms with Gasteiger partial charge in [0, 0.05) is 17.8 Å². The number of hydrogen-bond donors (Lipinski definition) is 2. The Morgan fingerprint density at radius 1 is 1.53 bits per heavy atom. The molecule has 0 amide bonds. The fourth-order valence-corrected chi connectivity index (χ4v) is 1.78. The second-order valence-electron chi connectivity index (χ2n) is 3.80. The van der Waals surface area contributed by atoms with Crippen LogP contribution in [0, 0.1) is 10.1 Å². The van der Waals surface area contributed by atoms with Gasteiger partial charge in [0.2, 0.25) is 0 Å². The lowest BCUT2D eigenvalue weighted by Gasteiger charge is -2.09. The van der Waals surface area contributed by atoms with Crippen molar-refractivity contribution in [2.24, 2.45) is 0 Å². The molecule has 17 heavy (non-hydrogen) atoms. The normalized spacial score (nSPS) is 14.2. The maximum atomic E-state index is 10.7. The molecule has 1 saturated carbocycles. The molecule has 0 bridgehead atoms. The quantitative estimate of drug-likeness (QED) is 0.503. The van der Waals surface area contributed by atoms with E-state index in [0.717, 1.165) is 12.8 Å². The Hall–Kier alpha value is -1.40. The fraction of sp³-hybridized carbons (Fsp3) is 0.300. The predicted molar refractivity (Wildman–Crippen MR) is 70.5 cm³/mol. The van der Waals surface area contributed by atoms with Crippen LogP contribution in [0.15, 0.2) is 18.2 Å². The number of anilines is 1. The summed E-state index contributed by atoms with van der Waals surface area (Å²) in [6, 6.07) is 4.93. The van der Waals surface area contributed by atoms with E-state index in [1.54, 1.807) is 6.07 Å². The number of nitrogens with one attached hydrogen (secondary N) is 2. The Morgan fingerprint density at radius 2 is 2.24 bits per heavy atom. The van der Waals surface area contributed by atoms with Gasteiger partial charge >= 0.3 is 0 Å².